The summed E-state index contributed by atoms with van der Waals surface area (Å²) in [5, 5.41) is 10.9. The van der Waals surface area contributed by atoms with Crippen molar-refractivity contribution in [3.05, 3.63) is 89.5 Å². The SMILES string of the molecule is NC(=O)c1c(-c2ccc(Oc3ccccc3)cc2)nn2c1NCC[C@H]2C1CCN(C2CCN(C(=O)N3CCC(N4CCN(c5ccc6c(c5)CN(C5CCC(=O)NC5=O)C6=O)CC4)CC3)CC2)CC1. The number of hydrogen-bond donors (Lipinski definition) is 3. The van der Waals surface area contributed by atoms with Crippen molar-refractivity contribution in [3.8, 4) is 22.8 Å². The molecular weight excluding hydrogens is 875 g/mol. The maximum atomic E-state index is 13.8. The van der Waals surface area contributed by atoms with Crippen LogP contribution in [0.25, 0.3) is 11.3 Å². The van der Waals surface area contributed by atoms with Crippen molar-refractivity contribution in [1.82, 2.24) is 39.6 Å². The molecule has 7 aliphatic heterocycles. The number of aromatic nitrogens is 2. The van der Waals surface area contributed by atoms with Gasteiger partial charge in [-0.1, -0.05) is 18.2 Å². The topological polar surface area (TPSA) is 182 Å². The monoisotopic (exact) mass is 937 g/mol. The Kier molecular flexibility index (Phi) is 12.5. The molecule has 1 unspecified atom stereocenters. The average molecular weight is 938 g/mol. The molecule has 0 aliphatic carbocycles. The summed E-state index contributed by atoms with van der Waals surface area (Å²) in [4.78, 5) is 77.6. The fourth-order valence-corrected chi connectivity index (χ4v) is 12.3. The molecule has 1 aromatic heterocycles. The van der Waals surface area contributed by atoms with Gasteiger partial charge in [0.15, 0.2) is 0 Å². The van der Waals surface area contributed by atoms with Gasteiger partial charge >= 0.3 is 6.03 Å². The fourth-order valence-electron chi connectivity index (χ4n) is 12.3. The van der Waals surface area contributed by atoms with Gasteiger partial charge in [0.05, 0.1) is 6.04 Å². The lowest BCUT2D eigenvalue weighted by atomic mass is 9.85. The van der Waals surface area contributed by atoms with E-state index in [2.05, 4.69) is 41.2 Å². The number of likely N-dealkylation sites (tertiary alicyclic amines) is 3. The van der Waals surface area contributed by atoms with E-state index in [0.29, 0.717) is 53.5 Å². The van der Waals surface area contributed by atoms with Crippen molar-refractivity contribution < 1.29 is 28.7 Å². The number of fused-ring (bicyclic) bond motifs is 2. The average Bonchev–Trinajstić information content (AvgIpc) is 3.94. The van der Waals surface area contributed by atoms with E-state index < -0.39 is 11.9 Å². The van der Waals surface area contributed by atoms with Gasteiger partial charge in [-0.25, -0.2) is 9.48 Å². The molecule has 0 saturated carbocycles. The van der Waals surface area contributed by atoms with Crippen LogP contribution in [-0.4, -0.2) is 154 Å². The molecule has 4 N–H and O–H groups in total. The number of anilines is 2. The lowest BCUT2D eigenvalue weighted by Crippen LogP contribution is -2.56. The molecule has 0 spiro atoms. The highest BCUT2D eigenvalue weighted by Gasteiger charge is 2.41. The van der Waals surface area contributed by atoms with Crippen LogP contribution in [0.1, 0.15) is 90.1 Å². The highest BCUT2D eigenvalue weighted by molar-refractivity contribution is 6.06. The van der Waals surface area contributed by atoms with E-state index in [-0.39, 0.29) is 36.2 Å². The van der Waals surface area contributed by atoms with Gasteiger partial charge in [-0.3, -0.25) is 29.4 Å². The minimum absolute atomic E-state index is 0.144. The molecule has 4 aromatic rings. The minimum Gasteiger partial charge on any atom is -0.457 e. The first-order valence-corrected chi connectivity index (χ1v) is 25.2. The number of hydrogen-bond acceptors (Lipinski definition) is 11. The Hall–Kier alpha value is -6.46. The van der Waals surface area contributed by atoms with Crippen LogP contribution in [0.15, 0.2) is 72.8 Å². The fraction of sp³-hybridized carbons (Fsp3) is 0.500. The molecule has 362 valence electrons. The highest BCUT2D eigenvalue weighted by atomic mass is 16.5. The van der Waals surface area contributed by atoms with Crippen LogP contribution in [-0.2, 0) is 16.1 Å². The standard InChI is InChI=1S/C52H63N11O6/c53-48(65)46-47(35-6-9-41(10-7-35)69-40-4-2-1-3-5-40)56-63-43(14-21-54-49(46)63)34-15-22-57(23-16-34)37-17-24-60(25-18-37)52(68)61-26-19-38(20-27-61)58-28-30-59(31-29-58)39-8-11-42-36(32-39)33-62(51(42)67)44-12-13-45(64)55-50(44)66/h1-11,32,34,37-38,43-44,54H,12-31,33H2,(H2,53,65)(H,55,64,66)/t43-,44?/m0/s1. The van der Waals surface area contributed by atoms with Gasteiger partial charge in [-0.05, 0) is 131 Å². The summed E-state index contributed by atoms with van der Waals surface area (Å²) in [7, 11) is 0. The number of nitrogens with zero attached hydrogens (tertiary/aromatic N) is 8. The summed E-state index contributed by atoms with van der Waals surface area (Å²) in [5.74, 6) is 1.31. The first-order chi connectivity index (χ1) is 33.6. The van der Waals surface area contributed by atoms with Gasteiger partial charge in [0.2, 0.25) is 11.8 Å². The van der Waals surface area contributed by atoms with Crippen LogP contribution >= 0.6 is 0 Å². The third-order valence-electron chi connectivity index (χ3n) is 16.1. The highest BCUT2D eigenvalue weighted by Crippen LogP contribution is 2.41. The number of nitrogens with one attached hydrogen (secondary N) is 2. The predicted octanol–water partition coefficient (Wildman–Crippen LogP) is 5.14. The Morgan fingerprint density at radius 2 is 1.35 bits per heavy atom. The van der Waals surface area contributed by atoms with E-state index in [1.807, 2.05) is 71.4 Å². The van der Waals surface area contributed by atoms with Crippen LogP contribution in [0.2, 0.25) is 0 Å². The molecule has 5 saturated heterocycles. The second-order valence-corrected chi connectivity index (χ2v) is 20.0. The second kappa shape index (κ2) is 19.1. The summed E-state index contributed by atoms with van der Waals surface area (Å²) in [5.41, 5.74) is 10.5. The van der Waals surface area contributed by atoms with Gasteiger partial charge in [-0.15, -0.1) is 0 Å². The number of urea groups is 1. The quantitative estimate of drug-likeness (QED) is 0.189. The van der Waals surface area contributed by atoms with E-state index in [0.717, 1.165) is 145 Å². The zero-order chi connectivity index (χ0) is 47.2. The molecule has 0 radical (unpaired) electrons. The number of ether oxygens (including phenoxy) is 1. The summed E-state index contributed by atoms with van der Waals surface area (Å²) in [6, 6.07) is 24.0. The Morgan fingerprint density at radius 3 is 2.00 bits per heavy atom. The summed E-state index contributed by atoms with van der Waals surface area (Å²) >= 11 is 0. The lowest BCUT2D eigenvalue weighted by molar-refractivity contribution is -0.136. The summed E-state index contributed by atoms with van der Waals surface area (Å²) in [6.45, 7) is 10.0. The number of rotatable bonds is 9. The molecule has 11 rings (SSSR count). The molecule has 6 amide bonds. The molecule has 0 bridgehead atoms. The molecule has 3 aromatic carbocycles. The Labute approximate surface area is 402 Å². The Balaban J connectivity index is 0.623. The molecule has 7 aliphatic rings. The van der Waals surface area contributed by atoms with Gasteiger partial charge in [0.1, 0.15) is 34.6 Å². The number of piperazine rings is 1. The van der Waals surface area contributed by atoms with E-state index in [1.165, 1.54) is 0 Å². The van der Waals surface area contributed by atoms with Crippen molar-refractivity contribution in [2.24, 2.45) is 11.7 Å². The maximum Gasteiger partial charge on any atom is 0.320 e. The second-order valence-electron chi connectivity index (χ2n) is 20.0. The van der Waals surface area contributed by atoms with Crippen molar-refractivity contribution in [2.75, 3.05) is 82.2 Å². The predicted molar refractivity (Wildman–Crippen MR) is 260 cm³/mol. The number of amides is 6. The smallest absolute Gasteiger partial charge is 0.320 e. The largest absolute Gasteiger partial charge is 0.457 e. The molecule has 5 fully saturated rings. The van der Waals surface area contributed by atoms with Gasteiger partial charge < -0.3 is 40.3 Å². The first kappa shape index (κ1) is 45.0. The number of carbonyl (C=O) groups excluding carboxylic acids is 5. The number of benzene rings is 3. The number of para-hydroxylation sites is 1. The normalized spacial score (nSPS) is 23.4. The number of primary amides is 1. The lowest BCUT2D eigenvalue weighted by Gasteiger charge is -2.46. The van der Waals surface area contributed by atoms with Crippen molar-refractivity contribution >= 4 is 41.2 Å². The van der Waals surface area contributed by atoms with E-state index in [4.69, 9.17) is 15.6 Å². The van der Waals surface area contributed by atoms with Crippen molar-refractivity contribution in [3.63, 3.8) is 0 Å². The summed E-state index contributed by atoms with van der Waals surface area (Å²) in [6.07, 6.45) is 7.61. The summed E-state index contributed by atoms with van der Waals surface area (Å²) < 4.78 is 8.05. The Bertz CT molecular complexity index is 2570. The van der Waals surface area contributed by atoms with Crippen molar-refractivity contribution in [2.45, 2.75) is 88.5 Å². The van der Waals surface area contributed by atoms with E-state index in [1.54, 1.807) is 4.90 Å². The molecule has 17 heteroatoms. The molecule has 2 atom stereocenters. The van der Waals surface area contributed by atoms with Gasteiger partial charge in [0.25, 0.3) is 11.8 Å². The van der Waals surface area contributed by atoms with Crippen molar-refractivity contribution in [1.29, 1.82) is 0 Å². The van der Waals surface area contributed by atoms with Gasteiger partial charge in [-0.2, -0.15) is 5.10 Å². The minimum atomic E-state index is -0.611. The maximum absolute atomic E-state index is 13.8. The number of carbonyl (C=O) groups is 5. The first-order valence-electron chi connectivity index (χ1n) is 25.2. The third kappa shape index (κ3) is 9.02. The Morgan fingerprint density at radius 1 is 0.696 bits per heavy atom. The van der Waals surface area contributed by atoms with Crippen LogP contribution in [0.5, 0.6) is 11.5 Å². The molecular formula is C52H63N11O6. The number of piperidine rings is 4. The van der Waals surface area contributed by atoms with E-state index in [9.17, 15) is 24.0 Å². The van der Waals surface area contributed by atoms with Crippen LogP contribution < -0.4 is 26.0 Å². The van der Waals surface area contributed by atoms with Crippen LogP contribution in [0.3, 0.4) is 0 Å². The molecule has 69 heavy (non-hydrogen) atoms. The zero-order valence-electron chi connectivity index (χ0n) is 39.3. The molecule has 17 nitrogen and oxygen atoms in total. The van der Waals surface area contributed by atoms with Crippen LogP contribution in [0, 0.1) is 5.92 Å². The van der Waals surface area contributed by atoms with Crippen LogP contribution in [0.4, 0.5) is 16.3 Å². The van der Waals surface area contributed by atoms with Gasteiger partial charge in [0, 0.05) is 101 Å². The zero-order valence-corrected chi connectivity index (χ0v) is 39.3. The number of imide groups is 1. The number of nitrogens with two attached hydrogens (primary N) is 1. The molecule has 8 heterocycles. The van der Waals surface area contributed by atoms with E-state index >= 15 is 0 Å². The third-order valence-corrected chi connectivity index (χ3v) is 16.1.